The third kappa shape index (κ3) is 3.19. The summed E-state index contributed by atoms with van der Waals surface area (Å²) in [5.74, 6) is -2.61. The molecule has 0 saturated heterocycles. The first-order valence-corrected chi connectivity index (χ1v) is 6.03. The lowest BCUT2D eigenvalue weighted by Gasteiger charge is -2.21. The lowest BCUT2D eigenvalue weighted by atomic mass is 9.84. The van der Waals surface area contributed by atoms with Gasteiger partial charge in [0.15, 0.2) is 0 Å². The van der Waals surface area contributed by atoms with Crippen LogP contribution in [0.5, 0.6) is 0 Å². The van der Waals surface area contributed by atoms with E-state index in [0.717, 1.165) is 12.8 Å². The zero-order valence-corrected chi connectivity index (χ0v) is 10.7. The second kappa shape index (κ2) is 6.01. The number of hydrogen-bond donors (Lipinski definition) is 1. The van der Waals surface area contributed by atoms with Gasteiger partial charge < -0.3 is 5.11 Å². The topological polar surface area (TPSA) is 37.3 Å². The Labute approximate surface area is 105 Å². The van der Waals surface area contributed by atoms with Gasteiger partial charge in [-0.25, -0.2) is 4.39 Å². The number of halogens is 2. The van der Waals surface area contributed by atoms with Crippen molar-refractivity contribution in [3.05, 3.63) is 34.6 Å². The summed E-state index contributed by atoms with van der Waals surface area (Å²) in [6.45, 7) is 3.78. The molecule has 4 heteroatoms. The van der Waals surface area contributed by atoms with E-state index in [0.29, 0.717) is 0 Å². The third-order valence-electron chi connectivity index (χ3n) is 2.89. The summed E-state index contributed by atoms with van der Waals surface area (Å²) in [7, 11) is 0. The Morgan fingerprint density at radius 1 is 1.53 bits per heavy atom. The van der Waals surface area contributed by atoms with Crippen LogP contribution < -0.4 is 0 Å². The Morgan fingerprint density at radius 2 is 2.18 bits per heavy atom. The minimum atomic E-state index is -1.03. The summed E-state index contributed by atoms with van der Waals surface area (Å²) < 4.78 is 13.7. The summed E-state index contributed by atoms with van der Waals surface area (Å²) in [4.78, 5) is 11.3. The molecule has 17 heavy (non-hydrogen) atoms. The van der Waals surface area contributed by atoms with Crippen LogP contribution in [0.3, 0.4) is 0 Å². The SMILES string of the molecule is CCCC(C)C(C(=O)O)c1c(F)cccc1Cl. The van der Waals surface area contributed by atoms with Gasteiger partial charge in [-0.1, -0.05) is 37.9 Å². The molecule has 1 aromatic carbocycles. The van der Waals surface area contributed by atoms with E-state index < -0.39 is 17.7 Å². The fraction of sp³-hybridized carbons (Fsp3) is 0.462. The van der Waals surface area contributed by atoms with E-state index in [1.807, 2.05) is 13.8 Å². The Kier molecular flexibility index (Phi) is 4.94. The first-order chi connectivity index (χ1) is 7.99. The van der Waals surface area contributed by atoms with Gasteiger partial charge in [0.05, 0.1) is 5.92 Å². The van der Waals surface area contributed by atoms with Crippen molar-refractivity contribution in [3.63, 3.8) is 0 Å². The molecule has 1 N–H and O–H groups in total. The summed E-state index contributed by atoms with van der Waals surface area (Å²) in [6.07, 6.45) is 1.58. The molecule has 0 aliphatic rings. The molecule has 0 amide bonds. The maximum atomic E-state index is 13.7. The molecule has 0 saturated carbocycles. The first kappa shape index (κ1) is 14.0. The third-order valence-corrected chi connectivity index (χ3v) is 3.22. The van der Waals surface area contributed by atoms with Crippen molar-refractivity contribution in [1.29, 1.82) is 0 Å². The van der Waals surface area contributed by atoms with Crippen LogP contribution in [0.15, 0.2) is 18.2 Å². The number of rotatable bonds is 5. The fourth-order valence-corrected chi connectivity index (χ4v) is 2.36. The Balaban J connectivity index is 3.18. The van der Waals surface area contributed by atoms with Crippen LogP contribution in [-0.2, 0) is 4.79 Å². The molecular weight excluding hydrogens is 243 g/mol. The molecule has 1 aromatic rings. The van der Waals surface area contributed by atoms with Crippen molar-refractivity contribution < 1.29 is 14.3 Å². The molecule has 0 radical (unpaired) electrons. The fourth-order valence-electron chi connectivity index (χ4n) is 2.08. The highest BCUT2D eigenvalue weighted by molar-refractivity contribution is 6.31. The summed E-state index contributed by atoms with van der Waals surface area (Å²) >= 11 is 5.91. The molecular formula is C13H16ClFO2. The second-order valence-corrected chi connectivity index (χ2v) is 4.62. The Bertz CT molecular complexity index is 386. The van der Waals surface area contributed by atoms with Crippen molar-refractivity contribution in [2.24, 2.45) is 5.92 Å². The average molecular weight is 259 g/mol. The average Bonchev–Trinajstić information content (AvgIpc) is 2.23. The number of carboxylic acids is 1. The predicted octanol–water partition coefficient (Wildman–Crippen LogP) is 4.08. The number of aliphatic carboxylic acids is 1. The largest absolute Gasteiger partial charge is 0.481 e. The monoisotopic (exact) mass is 258 g/mol. The van der Waals surface area contributed by atoms with Gasteiger partial charge in [-0.15, -0.1) is 0 Å². The van der Waals surface area contributed by atoms with E-state index in [-0.39, 0.29) is 16.5 Å². The number of benzene rings is 1. The van der Waals surface area contributed by atoms with Gasteiger partial charge in [0.1, 0.15) is 5.82 Å². The molecule has 0 spiro atoms. The molecule has 0 aliphatic carbocycles. The maximum absolute atomic E-state index is 13.7. The van der Waals surface area contributed by atoms with Crippen LogP contribution in [-0.4, -0.2) is 11.1 Å². The zero-order chi connectivity index (χ0) is 13.0. The van der Waals surface area contributed by atoms with E-state index in [2.05, 4.69) is 0 Å². The van der Waals surface area contributed by atoms with Crippen molar-refractivity contribution in [3.8, 4) is 0 Å². The van der Waals surface area contributed by atoms with Crippen LogP contribution in [0.25, 0.3) is 0 Å². The van der Waals surface area contributed by atoms with Crippen LogP contribution in [0, 0.1) is 11.7 Å². The second-order valence-electron chi connectivity index (χ2n) is 4.22. The van der Waals surface area contributed by atoms with Gasteiger partial charge in [0, 0.05) is 10.6 Å². The Hall–Kier alpha value is -1.09. The van der Waals surface area contributed by atoms with Crippen molar-refractivity contribution >= 4 is 17.6 Å². The maximum Gasteiger partial charge on any atom is 0.311 e. The van der Waals surface area contributed by atoms with Crippen LogP contribution in [0.1, 0.15) is 38.2 Å². The number of carboxylic acid groups (broad SMARTS) is 1. The van der Waals surface area contributed by atoms with E-state index in [1.54, 1.807) is 0 Å². The molecule has 1 rings (SSSR count). The van der Waals surface area contributed by atoms with Gasteiger partial charge >= 0.3 is 5.97 Å². The van der Waals surface area contributed by atoms with Crippen LogP contribution >= 0.6 is 11.6 Å². The minimum Gasteiger partial charge on any atom is -0.481 e. The van der Waals surface area contributed by atoms with E-state index in [1.165, 1.54) is 18.2 Å². The van der Waals surface area contributed by atoms with E-state index in [4.69, 9.17) is 11.6 Å². The summed E-state index contributed by atoms with van der Waals surface area (Å²) in [5, 5.41) is 9.43. The molecule has 2 nitrogen and oxygen atoms in total. The molecule has 0 bridgehead atoms. The van der Waals surface area contributed by atoms with Gasteiger partial charge in [-0.2, -0.15) is 0 Å². The van der Waals surface area contributed by atoms with Gasteiger partial charge in [0.2, 0.25) is 0 Å². The lowest BCUT2D eigenvalue weighted by molar-refractivity contribution is -0.140. The molecule has 2 unspecified atom stereocenters. The van der Waals surface area contributed by atoms with Crippen LogP contribution in [0.2, 0.25) is 5.02 Å². The molecule has 0 aromatic heterocycles. The Morgan fingerprint density at radius 3 is 2.65 bits per heavy atom. The highest BCUT2D eigenvalue weighted by Gasteiger charge is 2.30. The van der Waals surface area contributed by atoms with E-state index in [9.17, 15) is 14.3 Å². The van der Waals surface area contributed by atoms with Crippen LogP contribution in [0.4, 0.5) is 4.39 Å². The highest BCUT2D eigenvalue weighted by atomic mass is 35.5. The molecule has 0 fully saturated rings. The van der Waals surface area contributed by atoms with Crippen molar-refractivity contribution in [1.82, 2.24) is 0 Å². The van der Waals surface area contributed by atoms with Gasteiger partial charge in [0.25, 0.3) is 0 Å². The smallest absolute Gasteiger partial charge is 0.311 e. The molecule has 0 heterocycles. The zero-order valence-electron chi connectivity index (χ0n) is 9.91. The highest BCUT2D eigenvalue weighted by Crippen LogP contribution is 2.34. The molecule has 2 atom stereocenters. The number of hydrogen-bond acceptors (Lipinski definition) is 1. The lowest BCUT2D eigenvalue weighted by Crippen LogP contribution is -2.21. The minimum absolute atomic E-state index is 0.0996. The van der Waals surface area contributed by atoms with Gasteiger partial charge in [-0.3, -0.25) is 4.79 Å². The summed E-state index contributed by atoms with van der Waals surface area (Å²) in [6, 6.07) is 4.24. The quantitative estimate of drug-likeness (QED) is 0.864. The number of carbonyl (C=O) groups is 1. The summed E-state index contributed by atoms with van der Waals surface area (Å²) in [5.41, 5.74) is 0.0996. The molecule has 94 valence electrons. The van der Waals surface area contributed by atoms with Crippen molar-refractivity contribution in [2.45, 2.75) is 32.6 Å². The normalized spacial score (nSPS) is 14.4. The van der Waals surface area contributed by atoms with E-state index >= 15 is 0 Å². The standard InChI is InChI=1S/C13H16ClFO2/c1-3-5-8(2)11(13(16)17)12-9(14)6-4-7-10(12)15/h4,6-8,11H,3,5H2,1-2H3,(H,16,17). The predicted molar refractivity (Wildman–Crippen MR) is 65.9 cm³/mol. The molecule has 0 aliphatic heterocycles. The van der Waals surface area contributed by atoms with Crippen molar-refractivity contribution in [2.75, 3.05) is 0 Å². The van der Waals surface area contributed by atoms with Gasteiger partial charge in [-0.05, 0) is 24.5 Å². The first-order valence-electron chi connectivity index (χ1n) is 5.65.